The van der Waals surface area contributed by atoms with E-state index in [-0.39, 0.29) is 18.0 Å². The summed E-state index contributed by atoms with van der Waals surface area (Å²) in [5.41, 5.74) is 6.31. The number of carbonyl (C=O) groups is 1. The number of nitrogens with two attached hydrogens (primary N) is 1. The largest absolute Gasteiger partial charge is 0.370 e. The zero-order valence-electron chi connectivity index (χ0n) is 13.2. The van der Waals surface area contributed by atoms with E-state index in [0.717, 1.165) is 50.4 Å². The number of carbonyl (C=O) groups excluding carboxylic acids is 1. The van der Waals surface area contributed by atoms with Gasteiger partial charge in [0.05, 0.1) is 12.1 Å². The van der Waals surface area contributed by atoms with E-state index in [2.05, 4.69) is 5.16 Å². The van der Waals surface area contributed by atoms with Crippen molar-refractivity contribution < 1.29 is 9.32 Å². The van der Waals surface area contributed by atoms with Gasteiger partial charge in [0.15, 0.2) is 5.96 Å². The van der Waals surface area contributed by atoms with Crippen LogP contribution in [0.1, 0.15) is 30.3 Å². The van der Waals surface area contributed by atoms with Gasteiger partial charge in [-0.25, -0.2) is 4.79 Å². The molecule has 0 aliphatic carbocycles. The lowest BCUT2D eigenvalue weighted by molar-refractivity contribution is 0.171. The molecule has 3 aliphatic heterocycles. The molecule has 3 N–H and O–H groups in total. The first-order valence-corrected chi connectivity index (χ1v) is 8.11. The Morgan fingerprint density at radius 1 is 1.43 bits per heavy atom. The molecule has 3 aliphatic rings. The molecule has 4 rings (SSSR count). The van der Waals surface area contributed by atoms with Crippen molar-refractivity contribution in [3.8, 4) is 0 Å². The zero-order valence-corrected chi connectivity index (χ0v) is 13.2. The number of guanidine groups is 1. The van der Waals surface area contributed by atoms with Gasteiger partial charge in [-0.2, -0.15) is 0 Å². The summed E-state index contributed by atoms with van der Waals surface area (Å²) in [6, 6.07) is 2.47. The van der Waals surface area contributed by atoms with Crippen LogP contribution < -0.4 is 5.73 Å². The van der Waals surface area contributed by atoms with Crippen LogP contribution in [0.4, 0.5) is 4.79 Å². The van der Waals surface area contributed by atoms with Crippen molar-refractivity contribution in [2.45, 2.75) is 31.3 Å². The number of nitrogens with zero attached hydrogens (tertiary/aromatic N) is 4. The minimum atomic E-state index is 0.0382. The van der Waals surface area contributed by atoms with Crippen molar-refractivity contribution >= 4 is 12.0 Å². The van der Waals surface area contributed by atoms with Gasteiger partial charge in [0.25, 0.3) is 0 Å². The molecule has 0 saturated carbocycles. The number of fused-ring (bicyclic) bond motifs is 2. The fraction of sp³-hybridized carbons (Fsp3) is 0.667. The number of likely N-dealkylation sites (N-methyl/N-ethyl adjacent to an activating group) is 1. The minimum absolute atomic E-state index is 0.0382. The number of likely N-dealkylation sites (tertiary alicyclic amines) is 1. The fourth-order valence-corrected chi connectivity index (χ4v) is 3.91. The van der Waals surface area contributed by atoms with Crippen LogP contribution in [-0.2, 0) is 6.42 Å². The zero-order chi connectivity index (χ0) is 16.1. The van der Waals surface area contributed by atoms with E-state index in [4.69, 9.17) is 15.7 Å². The van der Waals surface area contributed by atoms with E-state index >= 15 is 0 Å². The SMILES string of the molecule is CN1C(=O)N2C[C@H]1CC[C@H]2c1cc(CC2CN(C(=N)N)C2)on1. The van der Waals surface area contributed by atoms with Crippen LogP contribution >= 0.6 is 0 Å². The normalized spacial score (nSPS) is 27.5. The molecule has 23 heavy (non-hydrogen) atoms. The van der Waals surface area contributed by atoms with Crippen molar-refractivity contribution in [1.29, 1.82) is 5.41 Å². The lowest BCUT2D eigenvalue weighted by Gasteiger charge is -2.39. The molecule has 3 saturated heterocycles. The van der Waals surface area contributed by atoms with Crippen LogP contribution in [-0.4, -0.2) is 64.6 Å². The highest BCUT2D eigenvalue weighted by molar-refractivity contribution is 5.78. The van der Waals surface area contributed by atoms with E-state index < -0.39 is 0 Å². The molecule has 0 unspecified atom stereocenters. The number of hydrogen-bond donors (Lipinski definition) is 2. The van der Waals surface area contributed by atoms with Gasteiger partial charge >= 0.3 is 6.03 Å². The maximum atomic E-state index is 12.3. The molecular formula is C15H22N6O2. The van der Waals surface area contributed by atoms with Crippen LogP contribution in [0.15, 0.2) is 10.6 Å². The summed E-state index contributed by atoms with van der Waals surface area (Å²) in [5, 5.41) is 11.6. The monoisotopic (exact) mass is 318 g/mol. The Bertz CT molecular complexity index is 638. The average molecular weight is 318 g/mol. The summed E-state index contributed by atoms with van der Waals surface area (Å²) in [5.74, 6) is 1.44. The Morgan fingerprint density at radius 3 is 2.96 bits per heavy atom. The molecule has 1 aromatic heterocycles. The molecule has 0 radical (unpaired) electrons. The molecular weight excluding hydrogens is 296 g/mol. The fourth-order valence-electron chi connectivity index (χ4n) is 3.91. The van der Waals surface area contributed by atoms with E-state index in [0.29, 0.717) is 12.0 Å². The second-order valence-corrected chi connectivity index (χ2v) is 6.87. The second kappa shape index (κ2) is 5.14. The quantitative estimate of drug-likeness (QED) is 0.628. The van der Waals surface area contributed by atoms with Gasteiger partial charge in [-0.3, -0.25) is 5.41 Å². The predicted octanol–water partition coefficient (Wildman–Crippen LogP) is 0.613. The van der Waals surface area contributed by atoms with Gasteiger partial charge in [-0.05, 0) is 12.8 Å². The van der Waals surface area contributed by atoms with Crippen LogP contribution in [0.3, 0.4) is 0 Å². The van der Waals surface area contributed by atoms with Gasteiger partial charge in [-0.1, -0.05) is 5.16 Å². The summed E-state index contributed by atoms with van der Waals surface area (Å²) in [7, 11) is 1.88. The maximum absolute atomic E-state index is 12.3. The lowest BCUT2D eigenvalue weighted by atomic mass is 9.94. The number of rotatable bonds is 3. The van der Waals surface area contributed by atoms with Gasteiger partial charge in [-0.15, -0.1) is 0 Å². The summed E-state index contributed by atoms with van der Waals surface area (Å²) in [6.45, 7) is 2.39. The first kappa shape index (κ1) is 14.3. The van der Waals surface area contributed by atoms with Gasteiger partial charge in [0, 0.05) is 45.1 Å². The number of piperidine rings is 1. The van der Waals surface area contributed by atoms with Crippen LogP contribution in [0.25, 0.3) is 0 Å². The van der Waals surface area contributed by atoms with Crippen molar-refractivity contribution in [2.24, 2.45) is 11.7 Å². The molecule has 2 bridgehead atoms. The van der Waals surface area contributed by atoms with Crippen molar-refractivity contribution in [3.05, 3.63) is 17.5 Å². The third kappa shape index (κ3) is 2.32. The first-order chi connectivity index (χ1) is 11.0. The molecule has 2 atom stereocenters. The van der Waals surface area contributed by atoms with E-state index in [1.165, 1.54) is 0 Å². The molecule has 1 aromatic rings. The Hall–Kier alpha value is -2.25. The highest BCUT2D eigenvalue weighted by atomic mass is 16.5. The summed E-state index contributed by atoms with van der Waals surface area (Å²) in [6.07, 6.45) is 2.76. The standard InChI is InChI=1S/C15H22N6O2/c1-19-10-2-3-13(21(8-10)15(19)22)12-5-11(23-18-12)4-9-6-20(7-9)14(16)17/h5,9-10,13H,2-4,6-8H2,1H3,(H3,16,17)/t10-,13+/m1/s1. The third-order valence-corrected chi connectivity index (χ3v) is 5.36. The minimum Gasteiger partial charge on any atom is -0.370 e. The second-order valence-electron chi connectivity index (χ2n) is 6.87. The predicted molar refractivity (Wildman–Crippen MR) is 82.8 cm³/mol. The molecule has 3 fully saturated rings. The smallest absolute Gasteiger partial charge is 0.320 e. The van der Waals surface area contributed by atoms with E-state index in [1.807, 2.05) is 27.8 Å². The molecule has 0 spiro atoms. The Kier molecular flexibility index (Phi) is 3.21. The molecule has 2 amide bonds. The van der Waals surface area contributed by atoms with Crippen molar-refractivity contribution in [1.82, 2.24) is 19.9 Å². The molecule has 8 nitrogen and oxygen atoms in total. The molecule has 0 aromatic carbocycles. The van der Waals surface area contributed by atoms with Crippen LogP contribution in [0.5, 0.6) is 0 Å². The number of urea groups is 1. The van der Waals surface area contributed by atoms with Crippen LogP contribution in [0.2, 0.25) is 0 Å². The van der Waals surface area contributed by atoms with Crippen molar-refractivity contribution in [2.75, 3.05) is 26.7 Å². The van der Waals surface area contributed by atoms with Gasteiger partial charge < -0.3 is 25.0 Å². The number of aromatic nitrogens is 1. The maximum Gasteiger partial charge on any atom is 0.320 e. The highest BCUT2D eigenvalue weighted by Crippen LogP contribution is 2.37. The topological polar surface area (TPSA) is 103 Å². The van der Waals surface area contributed by atoms with E-state index in [1.54, 1.807) is 0 Å². The Balaban J connectivity index is 1.41. The number of amides is 2. The summed E-state index contributed by atoms with van der Waals surface area (Å²) in [4.78, 5) is 17.9. The Morgan fingerprint density at radius 2 is 2.22 bits per heavy atom. The van der Waals surface area contributed by atoms with E-state index in [9.17, 15) is 4.79 Å². The molecule has 124 valence electrons. The summed E-state index contributed by atoms with van der Waals surface area (Å²) < 4.78 is 5.48. The van der Waals surface area contributed by atoms with Crippen molar-refractivity contribution in [3.63, 3.8) is 0 Å². The van der Waals surface area contributed by atoms with Gasteiger partial charge in [0.2, 0.25) is 0 Å². The Labute approximate surface area is 134 Å². The number of nitrogens with one attached hydrogen (secondary N) is 1. The molecule has 4 heterocycles. The summed E-state index contributed by atoms with van der Waals surface area (Å²) >= 11 is 0. The van der Waals surface area contributed by atoms with Crippen LogP contribution in [0, 0.1) is 11.3 Å². The lowest BCUT2D eigenvalue weighted by Crippen LogP contribution is -2.53. The molecule has 8 heteroatoms. The average Bonchev–Trinajstić information content (AvgIpc) is 3.03. The number of hydrogen-bond acceptors (Lipinski definition) is 4. The van der Waals surface area contributed by atoms with Gasteiger partial charge in [0.1, 0.15) is 11.5 Å². The highest BCUT2D eigenvalue weighted by Gasteiger charge is 2.44. The first-order valence-electron chi connectivity index (χ1n) is 8.11. The third-order valence-electron chi connectivity index (χ3n) is 5.36.